The summed E-state index contributed by atoms with van der Waals surface area (Å²) in [6.07, 6.45) is -6.14. The Labute approximate surface area is 271 Å². The molecule has 0 spiro atoms. The number of cyclic esters (lactones) is 1. The molecule has 3 rings (SSSR count). The third-order valence-corrected chi connectivity index (χ3v) is 9.80. The molecule has 3 fully saturated rings. The number of rotatable bonds is 7. The van der Waals surface area contributed by atoms with Crippen LogP contribution >= 0.6 is 0 Å². The minimum absolute atomic E-state index is 0.107. The number of alkyl halides is 1. The van der Waals surface area contributed by atoms with E-state index in [1.165, 1.54) is 40.7 Å². The van der Waals surface area contributed by atoms with Crippen LogP contribution in [0.25, 0.3) is 0 Å². The Morgan fingerprint density at radius 2 is 1.70 bits per heavy atom. The number of carbonyl (C=O) groups excluding carboxylic acids is 4. The zero-order chi connectivity index (χ0) is 34.9. The molecule has 46 heavy (non-hydrogen) atoms. The number of likely N-dealkylation sites (N-methyl/N-ethyl adjacent to an activating group) is 1. The number of fused-ring (bicyclic) bond motifs is 1. The van der Waals surface area contributed by atoms with Crippen molar-refractivity contribution < 1.29 is 57.1 Å². The second-order valence-corrected chi connectivity index (χ2v) is 13.9. The third-order valence-electron chi connectivity index (χ3n) is 9.80. The summed E-state index contributed by atoms with van der Waals surface area (Å²) in [5.41, 5.74) is -5.98. The molecular weight excluding hydrogens is 605 g/mol. The first-order valence-corrected chi connectivity index (χ1v) is 16.0. The fraction of sp³-hybridized carbons (Fsp3) is 0.818. The Morgan fingerprint density at radius 3 is 2.26 bits per heavy atom. The highest BCUT2D eigenvalue weighted by Crippen LogP contribution is 2.43. The highest BCUT2D eigenvalue weighted by molar-refractivity contribution is 6.00. The van der Waals surface area contributed by atoms with Crippen molar-refractivity contribution in [2.24, 2.45) is 17.8 Å². The van der Waals surface area contributed by atoms with E-state index in [2.05, 4.69) is 6.58 Å². The van der Waals surface area contributed by atoms with E-state index >= 15 is 4.39 Å². The van der Waals surface area contributed by atoms with Crippen molar-refractivity contribution in [1.82, 2.24) is 4.90 Å². The fourth-order valence-electron chi connectivity index (χ4n) is 7.27. The van der Waals surface area contributed by atoms with E-state index in [0.717, 1.165) is 6.92 Å². The number of hydrogen-bond acceptors (Lipinski definition) is 12. The summed E-state index contributed by atoms with van der Waals surface area (Å²) < 4.78 is 52.2. The van der Waals surface area contributed by atoms with Crippen LogP contribution in [0.1, 0.15) is 74.7 Å². The second-order valence-electron chi connectivity index (χ2n) is 13.9. The lowest BCUT2D eigenvalue weighted by molar-refractivity contribution is -0.297. The number of aliphatic hydroxyl groups is 1. The third kappa shape index (κ3) is 7.48. The van der Waals surface area contributed by atoms with Crippen molar-refractivity contribution >= 4 is 23.7 Å². The number of esters is 1. The van der Waals surface area contributed by atoms with Gasteiger partial charge in [0, 0.05) is 18.4 Å². The zero-order valence-corrected chi connectivity index (χ0v) is 28.7. The number of hydrogen-bond donors (Lipinski definition) is 1. The van der Waals surface area contributed by atoms with E-state index in [9.17, 15) is 24.3 Å². The van der Waals surface area contributed by atoms with E-state index in [1.807, 2.05) is 25.9 Å². The van der Waals surface area contributed by atoms with Crippen LogP contribution in [0.5, 0.6) is 0 Å². The van der Waals surface area contributed by atoms with Gasteiger partial charge in [-0.3, -0.25) is 14.4 Å². The normalized spacial score (nSPS) is 44.5. The molecule has 0 unspecified atom stereocenters. The van der Waals surface area contributed by atoms with Crippen LogP contribution in [-0.2, 0) is 42.8 Å². The fourth-order valence-corrected chi connectivity index (χ4v) is 7.27. The standard InChI is InChI=1S/C33H52FNO11/c1-12-14-41-32(8)16-31(7,34)25(38)20(6)27-33(9,46-30(40)45-27)22(13-2)43-28(39)19(5)23(36)18(4)26(32)44-29-24(37)21(35(10)11)15-17(3)42-29/h12,17-22,24,26-27,29,37H,1,13-16H2,2-11H3/t17-,18+,19-,20+,21+,22-,24-,26-,27-,29+,31+,32-,33-/m1/s1. The van der Waals surface area contributed by atoms with Gasteiger partial charge in [0.1, 0.15) is 18.1 Å². The number of ketones is 2. The van der Waals surface area contributed by atoms with Gasteiger partial charge in [0.05, 0.1) is 30.3 Å². The van der Waals surface area contributed by atoms with Gasteiger partial charge in [-0.15, -0.1) is 6.58 Å². The topological polar surface area (TPSA) is 147 Å². The molecule has 3 aliphatic heterocycles. The summed E-state index contributed by atoms with van der Waals surface area (Å²) in [7, 11) is 3.62. The van der Waals surface area contributed by atoms with Crippen LogP contribution < -0.4 is 0 Å². The number of ether oxygens (including phenoxy) is 6. The summed E-state index contributed by atoms with van der Waals surface area (Å²) in [6, 6.07) is -0.363. The number of nitrogens with zero attached hydrogens (tertiary/aromatic N) is 1. The molecule has 0 amide bonds. The van der Waals surface area contributed by atoms with E-state index in [1.54, 1.807) is 6.92 Å². The van der Waals surface area contributed by atoms with Crippen molar-refractivity contribution in [1.29, 1.82) is 0 Å². The monoisotopic (exact) mass is 657 g/mol. The van der Waals surface area contributed by atoms with E-state index < -0.39 is 95.4 Å². The molecule has 13 heteroatoms. The molecule has 0 aromatic carbocycles. The maximum atomic E-state index is 16.9. The second kappa shape index (κ2) is 14.3. The average molecular weight is 658 g/mol. The molecule has 0 bridgehead atoms. The van der Waals surface area contributed by atoms with E-state index in [-0.39, 0.29) is 25.2 Å². The molecule has 13 atom stereocenters. The van der Waals surface area contributed by atoms with Crippen molar-refractivity contribution in [2.75, 3.05) is 20.7 Å². The Hall–Kier alpha value is -2.45. The zero-order valence-electron chi connectivity index (χ0n) is 28.7. The summed E-state index contributed by atoms with van der Waals surface area (Å²) in [5.74, 6) is -6.14. The number of halogens is 1. The summed E-state index contributed by atoms with van der Waals surface area (Å²) >= 11 is 0. The summed E-state index contributed by atoms with van der Waals surface area (Å²) in [5, 5.41) is 11.3. The predicted octanol–water partition coefficient (Wildman–Crippen LogP) is 3.55. The smallest absolute Gasteiger partial charge is 0.457 e. The minimum Gasteiger partial charge on any atom is -0.457 e. The lowest BCUT2D eigenvalue weighted by Crippen LogP contribution is -2.61. The van der Waals surface area contributed by atoms with Gasteiger partial charge in [-0.2, -0.15) is 0 Å². The molecule has 12 nitrogen and oxygen atoms in total. The first kappa shape index (κ1) is 38.0. The largest absolute Gasteiger partial charge is 0.509 e. The molecule has 3 heterocycles. The molecule has 0 aromatic heterocycles. The van der Waals surface area contributed by atoms with Gasteiger partial charge in [0.15, 0.2) is 35.2 Å². The van der Waals surface area contributed by atoms with Crippen molar-refractivity contribution in [3.05, 3.63) is 12.7 Å². The predicted molar refractivity (Wildman–Crippen MR) is 163 cm³/mol. The van der Waals surface area contributed by atoms with Crippen LogP contribution in [0.3, 0.4) is 0 Å². The van der Waals surface area contributed by atoms with Gasteiger partial charge in [-0.1, -0.05) is 26.8 Å². The molecule has 3 saturated heterocycles. The Kier molecular flexibility index (Phi) is 11.9. The highest BCUT2D eigenvalue weighted by atomic mass is 19.1. The van der Waals surface area contributed by atoms with Gasteiger partial charge in [0.2, 0.25) is 0 Å². The lowest BCUT2D eigenvalue weighted by atomic mass is 9.73. The molecule has 1 N–H and O–H groups in total. The summed E-state index contributed by atoms with van der Waals surface area (Å²) in [4.78, 5) is 55.8. The van der Waals surface area contributed by atoms with Crippen LogP contribution in [0.2, 0.25) is 0 Å². The minimum atomic E-state index is -2.62. The Morgan fingerprint density at radius 1 is 1.07 bits per heavy atom. The average Bonchev–Trinajstić information content (AvgIpc) is 3.30. The van der Waals surface area contributed by atoms with Crippen LogP contribution in [0.15, 0.2) is 12.7 Å². The quantitative estimate of drug-likeness (QED) is 0.243. The number of carbonyl (C=O) groups is 4. The van der Waals surface area contributed by atoms with Crippen LogP contribution in [-0.4, -0.2) is 114 Å². The molecule has 0 aromatic rings. The van der Waals surface area contributed by atoms with Gasteiger partial charge in [-0.05, 0) is 61.6 Å². The molecule has 3 aliphatic rings. The SMILES string of the molecule is C=CCO[C@]1(C)C[C@](C)(F)C(=O)[C@H](C)[C@H]2OC(=O)O[C@]2(C)[C@@H](CC)OC(=O)[C@H](C)C(=O)[C@H](C)[C@H]1O[C@@H]1O[C@H](C)C[C@H](N(C)C)[C@H]1O. The first-order chi connectivity index (χ1) is 21.2. The van der Waals surface area contributed by atoms with Crippen molar-refractivity contribution in [2.45, 2.75) is 134 Å². The van der Waals surface area contributed by atoms with Crippen molar-refractivity contribution in [3.63, 3.8) is 0 Å². The first-order valence-electron chi connectivity index (χ1n) is 16.0. The molecule has 262 valence electrons. The highest BCUT2D eigenvalue weighted by Gasteiger charge is 2.61. The summed E-state index contributed by atoms with van der Waals surface area (Å²) in [6.45, 7) is 15.5. The molecule has 0 radical (unpaired) electrons. The maximum absolute atomic E-state index is 16.9. The van der Waals surface area contributed by atoms with Gasteiger partial charge in [-0.25, -0.2) is 9.18 Å². The van der Waals surface area contributed by atoms with Crippen molar-refractivity contribution in [3.8, 4) is 0 Å². The number of aliphatic hydroxyl groups excluding tert-OH is 1. The molecule has 0 aliphatic carbocycles. The van der Waals surface area contributed by atoms with E-state index in [4.69, 9.17) is 28.4 Å². The van der Waals surface area contributed by atoms with Crippen LogP contribution in [0, 0.1) is 17.8 Å². The van der Waals surface area contributed by atoms with Gasteiger partial charge >= 0.3 is 12.1 Å². The lowest BCUT2D eigenvalue weighted by Gasteiger charge is -2.47. The molecule has 0 saturated carbocycles. The Balaban J connectivity index is 2.19. The van der Waals surface area contributed by atoms with Crippen LogP contribution in [0.4, 0.5) is 9.18 Å². The van der Waals surface area contributed by atoms with Gasteiger partial charge < -0.3 is 38.4 Å². The molecular formula is C33H52FNO11. The van der Waals surface area contributed by atoms with Gasteiger partial charge in [0.25, 0.3) is 0 Å². The van der Waals surface area contributed by atoms with E-state index in [0.29, 0.717) is 6.42 Å². The maximum Gasteiger partial charge on any atom is 0.509 e. The number of Topliss-reactive ketones (excluding diaryl/α,β-unsaturated/α-hetero) is 2. The Bertz CT molecular complexity index is 1160.